The summed E-state index contributed by atoms with van der Waals surface area (Å²) in [5.74, 6) is 1.37. The molecular formula is C18H23ClN4O3S. The van der Waals surface area contributed by atoms with Crippen molar-refractivity contribution in [2.75, 3.05) is 33.3 Å². The van der Waals surface area contributed by atoms with Gasteiger partial charge in [-0.2, -0.15) is 0 Å². The Kier molecular flexibility index (Phi) is 8.38. The van der Waals surface area contributed by atoms with Crippen molar-refractivity contribution < 1.29 is 13.2 Å². The lowest BCUT2D eigenvalue weighted by molar-refractivity contribution is 0.322. The van der Waals surface area contributed by atoms with Crippen molar-refractivity contribution >= 4 is 27.6 Å². The predicted molar refractivity (Wildman–Crippen MR) is 108 cm³/mol. The van der Waals surface area contributed by atoms with Gasteiger partial charge in [0.2, 0.25) is 10.0 Å². The molecule has 9 heteroatoms. The third-order valence-electron chi connectivity index (χ3n) is 3.45. The van der Waals surface area contributed by atoms with Gasteiger partial charge in [-0.05, 0) is 30.3 Å². The normalized spacial score (nSPS) is 11.9. The van der Waals surface area contributed by atoms with E-state index in [0.29, 0.717) is 30.7 Å². The van der Waals surface area contributed by atoms with E-state index < -0.39 is 10.0 Å². The van der Waals surface area contributed by atoms with E-state index in [1.165, 1.54) is 12.1 Å². The first kappa shape index (κ1) is 21.0. The minimum atomic E-state index is -3.59. The van der Waals surface area contributed by atoms with Crippen LogP contribution in [-0.2, 0) is 10.0 Å². The third kappa shape index (κ3) is 7.46. The molecule has 3 N–H and O–H groups in total. The van der Waals surface area contributed by atoms with Crippen molar-refractivity contribution in [2.45, 2.75) is 4.90 Å². The lowest BCUT2D eigenvalue weighted by atomic mass is 10.3. The van der Waals surface area contributed by atoms with E-state index in [1.54, 1.807) is 19.2 Å². The van der Waals surface area contributed by atoms with Gasteiger partial charge in [0.15, 0.2) is 5.96 Å². The number of para-hydroxylation sites is 1. The maximum atomic E-state index is 12.2. The molecule has 2 aromatic rings. The molecule has 0 aliphatic rings. The fraction of sp³-hybridized carbons (Fsp3) is 0.278. The summed E-state index contributed by atoms with van der Waals surface area (Å²) in [5.41, 5.74) is 0. The summed E-state index contributed by atoms with van der Waals surface area (Å²) in [5, 5.41) is 6.50. The van der Waals surface area contributed by atoms with Gasteiger partial charge in [0.1, 0.15) is 12.4 Å². The Balaban J connectivity index is 1.67. The molecule has 27 heavy (non-hydrogen) atoms. The monoisotopic (exact) mass is 410 g/mol. The fourth-order valence-electron chi connectivity index (χ4n) is 2.16. The number of hydrogen-bond donors (Lipinski definition) is 3. The Morgan fingerprint density at radius 1 is 1.04 bits per heavy atom. The first-order valence-electron chi connectivity index (χ1n) is 8.39. The van der Waals surface area contributed by atoms with Crippen molar-refractivity contribution in [1.29, 1.82) is 0 Å². The molecule has 0 spiro atoms. The summed E-state index contributed by atoms with van der Waals surface area (Å²) < 4.78 is 32.5. The van der Waals surface area contributed by atoms with E-state index in [0.717, 1.165) is 5.75 Å². The van der Waals surface area contributed by atoms with Crippen LogP contribution in [0.4, 0.5) is 0 Å². The Morgan fingerprint density at radius 2 is 1.78 bits per heavy atom. The van der Waals surface area contributed by atoms with Crippen molar-refractivity contribution in [3.05, 3.63) is 59.6 Å². The zero-order chi connectivity index (χ0) is 19.5. The van der Waals surface area contributed by atoms with E-state index in [9.17, 15) is 8.42 Å². The van der Waals surface area contributed by atoms with E-state index in [2.05, 4.69) is 20.3 Å². The highest BCUT2D eigenvalue weighted by atomic mass is 35.5. The van der Waals surface area contributed by atoms with E-state index >= 15 is 0 Å². The van der Waals surface area contributed by atoms with Gasteiger partial charge in [0.05, 0.1) is 11.4 Å². The van der Waals surface area contributed by atoms with E-state index in [4.69, 9.17) is 16.3 Å². The number of guanidine groups is 1. The Hall–Kier alpha value is -2.29. The summed E-state index contributed by atoms with van der Waals surface area (Å²) in [6.45, 7) is 1.62. The molecule has 2 aromatic carbocycles. The standard InChI is InChI=1S/C18H23ClN4O3S/c1-20-18(22-12-13-26-16-7-3-2-4-8-16)21-10-11-23-27(24,25)17-9-5-6-15(19)14-17/h2-9,14,23H,10-13H2,1H3,(H2,20,21,22). The van der Waals surface area contributed by atoms with Gasteiger partial charge in [-0.15, -0.1) is 0 Å². The molecule has 0 aliphatic heterocycles. The fourth-order valence-corrected chi connectivity index (χ4v) is 3.49. The number of hydrogen-bond acceptors (Lipinski definition) is 4. The average molecular weight is 411 g/mol. The van der Waals surface area contributed by atoms with Crippen molar-refractivity contribution in [2.24, 2.45) is 4.99 Å². The number of rotatable bonds is 9. The summed E-state index contributed by atoms with van der Waals surface area (Å²) in [6.07, 6.45) is 0. The molecule has 0 saturated carbocycles. The van der Waals surface area contributed by atoms with Gasteiger partial charge in [0, 0.05) is 25.2 Å². The molecule has 0 atom stereocenters. The Bertz CT molecular complexity index is 845. The van der Waals surface area contributed by atoms with Crippen LogP contribution in [0, 0.1) is 0 Å². The quantitative estimate of drug-likeness (QED) is 0.333. The summed E-state index contributed by atoms with van der Waals surface area (Å²) in [6, 6.07) is 15.6. The van der Waals surface area contributed by atoms with E-state index in [-0.39, 0.29) is 11.4 Å². The minimum Gasteiger partial charge on any atom is -0.492 e. The van der Waals surface area contributed by atoms with Crippen LogP contribution in [0.3, 0.4) is 0 Å². The van der Waals surface area contributed by atoms with Gasteiger partial charge in [-0.25, -0.2) is 13.1 Å². The molecule has 0 radical (unpaired) electrons. The summed E-state index contributed by atoms with van der Waals surface area (Å²) in [7, 11) is -1.95. The Labute approximate surface area is 164 Å². The molecule has 0 amide bonds. The molecule has 0 saturated heterocycles. The van der Waals surface area contributed by atoms with Crippen LogP contribution in [0.1, 0.15) is 0 Å². The molecule has 0 bridgehead atoms. The molecule has 0 aromatic heterocycles. The minimum absolute atomic E-state index is 0.135. The van der Waals surface area contributed by atoms with Gasteiger partial charge >= 0.3 is 0 Å². The number of benzene rings is 2. The van der Waals surface area contributed by atoms with Crippen LogP contribution in [-0.4, -0.2) is 47.7 Å². The van der Waals surface area contributed by atoms with Crippen LogP contribution < -0.4 is 20.1 Å². The number of halogens is 1. The first-order valence-corrected chi connectivity index (χ1v) is 10.2. The second-order valence-electron chi connectivity index (χ2n) is 5.44. The summed E-state index contributed by atoms with van der Waals surface area (Å²) >= 11 is 5.83. The SMILES string of the molecule is CN=C(NCCNS(=O)(=O)c1cccc(Cl)c1)NCCOc1ccccc1. The smallest absolute Gasteiger partial charge is 0.240 e. The molecule has 7 nitrogen and oxygen atoms in total. The highest BCUT2D eigenvalue weighted by molar-refractivity contribution is 7.89. The molecule has 0 fully saturated rings. The predicted octanol–water partition coefficient (Wildman–Crippen LogP) is 1.86. The maximum Gasteiger partial charge on any atom is 0.240 e. The van der Waals surface area contributed by atoms with Crippen molar-refractivity contribution in [3.63, 3.8) is 0 Å². The number of nitrogens with zero attached hydrogens (tertiary/aromatic N) is 1. The van der Waals surface area contributed by atoms with Gasteiger partial charge in [-0.1, -0.05) is 35.9 Å². The zero-order valence-corrected chi connectivity index (χ0v) is 16.6. The summed E-state index contributed by atoms with van der Waals surface area (Å²) in [4.78, 5) is 4.22. The average Bonchev–Trinajstić information content (AvgIpc) is 2.67. The highest BCUT2D eigenvalue weighted by Gasteiger charge is 2.13. The number of aliphatic imine (C=N–C) groups is 1. The van der Waals surface area contributed by atoms with Crippen LogP contribution in [0.15, 0.2) is 64.5 Å². The number of nitrogens with one attached hydrogen (secondary N) is 3. The highest BCUT2D eigenvalue weighted by Crippen LogP contribution is 2.14. The van der Waals surface area contributed by atoms with E-state index in [1.807, 2.05) is 30.3 Å². The van der Waals surface area contributed by atoms with Crippen LogP contribution in [0.25, 0.3) is 0 Å². The first-order chi connectivity index (χ1) is 13.0. The second-order valence-corrected chi connectivity index (χ2v) is 7.65. The van der Waals surface area contributed by atoms with Crippen LogP contribution in [0.2, 0.25) is 5.02 Å². The number of sulfonamides is 1. The van der Waals surface area contributed by atoms with Crippen molar-refractivity contribution in [3.8, 4) is 5.75 Å². The second kappa shape index (κ2) is 10.8. The molecule has 0 unspecified atom stereocenters. The topological polar surface area (TPSA) is 91.8 Å². The van der Waals surface area contributed by atoms with Gasteiger partial charge in [0.25, 0.3) is 0 Å². The van der Waals surface area contributed by atoms with Crippen LogP contribution >= 0.6 is 11.6 Å². The zero-order valence-electron chi connectivity index (χ0n) is 15.0. The van der Waals surface area contributed by atoms with Crippen LogP contribution in [0.5, 0.6) is 5.75 Å². The largest absolute Gasteiger partial charge is 0.492 e. The molecule has 0 heterocycles. The number of ether oxygens (including phenoxy) is 1. The third-order valence-corrected chi connectivity index (χ3v) is 5.14. The molecule has 146 valence electrons. The van der Waals surface area contributed by atoms with Gasteiger partial charge < -0.3 is 15.4 Å². The maximum absolute atomic E-state index is 12.2. The molecule has 2 rings (SSSR count). The van der Waals surface area contributed by atoms with Crippen molar-refractivity contribution in [1.82, 2.24) is 15.4 Å². The van der Waals surface area contributed by atoms with Gasteiger partial charge in [-0.3, -0.25) is 4.99 Å². The Morgan fingerprint density at radius 3 is 2.48 bits per heavy atom. The lowest BCUT2D eigenvalue weighted by Crippen LogP contribution is -2.42. The lowest BCUT2D eigenvalue weighted by Gasteiger charge is -2.13. The molecular weight excluding hydrogens is 388 g/mol. The molecule has 0 aliphatic carbocycles.